The van der Waals surface area contributed by atoms with E-state index in [1.54, 1.807) is 10.9 Å². The van der Waals surface area contributed by atoms with Gasteiger partial charge in [-0.25, -0.2) is 0 Å². The number of rotatable bonds is 3. The molecule has 0 atom stereocenters. The molecule has 75 valence electrons. The zero-order chi connectivity index (χ0) is 10.7. The van der Waals surface area contributed by atoms with Gasteiger partial charge in [0.1, 0.15) is 0 Å². The predicted octanol–water partition coefficient (Wildman–Crippen LogP) is 1.70. The maximum Gasteiger partial charge on any atom is 0.236 e. The Labute approximate surface area is 88.4 Å². The van der Waals surface area contributed by atoms with E-state index >= 15 is 0 Å². The Morgan fingerprint density at radius 3 is 2.67 bits per heavy atom. The minimum Gasteiger partial charge on any atom is -0.285 e. The summed E-state index contributed by atoms with van der Waals surface area (Å²) >= 11 is 0. The van der Waals surface area contributed by atoms with Crippen molar-refractivity contribution >= 4 is 6.29 Å². The minimum atomic E-state index is 0.488. The highest BCUT2D eigenvalue weighted by Gasteiger charge is 1.98. The highest BCUT2D eigenvalue weighted by atomic mass is 16.1. The lowest BCUT2D eigenvalue weighted by atomic mass is 10.1. The average Bonchev–Trinajstić information content (AvgIpc) is 2.69. The summed E-state index contributed by atoms with van der Waals surface area (Å²) in [6.07, 6.45) is 5.01. The van der Waals surface area contributed by atoms with Crippen LogP contribution in [0.2, 0.25) is 0 Å². The third kappa shape index (κ3) is 2.31. The fourth-order valence-corrected chi connectivity index (χ4v) is 1.38. The topological polar surface area (TPSA) is 34.9 Å². The molecule has 0 unspecified atom stereocenters. The quantitative estimate of drug-likeness (QED) is 0.754. The van der Waals surface area contributed by atoms with E-state index in [1.165, 1.54) is 17.3 Å². The summed E-state index contributed by atoms with van der Waals surface area (Å²) in [6.45, 7) is 2.74. The van der Waals surface area contributed by atoms with Crippen molar-refractivity contribution in [3.05, 3.63) is 53.3 Å². The van der Waals surface area contributed by atoms with Gasteiger partial charge in [-0.15, -0.1) is 0 Å². The van der Waals surface area contributed by atoms with E-state index in [1.807, 2.05) is 6.29 Å². The second-order valence-electron chi connectivity index (χ2n) is 3.51. The number of carbonyl (C=O) groups excluding carboxylic acids is 1. The lowest BCUT2D eigenvalue weighted by molar-refractivity contribution is 0.562. The Kier molecular flexibility index (Phi) is 2.63. The third-order valence-corrected chi connectivity index (χ3v) is 2.22. The average molecular weight is 199 g/mol. The number of hydrogen-bond donors (Lipinski definition) is 0. The molecule has 1 aromatic carbocycles. The van der Waals surface area contributed by atoms with Crippen LogP contribution in [-0.2, 0) is 11.3 Å². The Morgan fingerprint density at radius 2 is 2.07 bits per heavy atom. The lowest BCUT2D eigenvalue weighted by Crippen LogP contribution is -1.99. The van der Waals surface area contributed by atoms with Crippen LogP contribution in [0.25, 0.3) is 0 Å². The van der Waals surface area contributed by atoms with Crippen LogP contribution in [0, 0.1) is 6.92 Å². The summed E-state index contributed by atoms with van der Waals surface area (Å²) in [6, 6.07) is 8.24. The first kappa shape index (κ1) is 9.65. The molecule has 0 aliphatic carbocycles. The lowest BCUT2D eigenvalue weighted by Gasteiger charge is -2.01. The van der Waals surface area contributed by atoms with Gasteiger partial charge in [-0.2, -0.15) is 5.10 Å². The molecule has 0 aliphatic rings. The standard InChI is InChI=1S/C12H11N2O/c1-10-2-4-11(5-3-10)7-14-8-12(9-15)6-13-14/h2-6,8H,7H2,1H3. The number of nitrogens with zero attached hydrogens (tertiary/aromatic N) is 2. The van der Waals surface area contributed by atoms with Crippen molar-refractivity contribution in [2.75, 3.05) is 0 Å². The van der Waals surface area contributed by atoms with Crippen molar-refractivity contribution in [3.63, 3.8) is 0 Å². The van der Waals surface area contributed by atoms with Gasteiger partial charge in [0, 0.05) is 6.20 Å². The van der Waals surface area contributed by atoms with E-state index in [-0.39, 0.29) is 0 Å². The fraction of sp³-hybridized carbons (Fsp3) is 0.167. The summed E-state index contributed by atoms with van der Waals surface area (Å²) in [4.78, 5) is 10.3. The normalized spacial score (nSPS) is 10.2. The zero-order valence-corrected chi connectivity index (χ0v) is 8.47. The van der Waals surface area contributed by atoms with Crippen LogP contribution in [0.5, 0.6) is 0 Å². The van der Waals surface area contributed by atoms with Crippen molar-refractivity contribution in [2.24, 2.45) is 0 Å². The molecule has 0 N–H and O–H groups in total. The molecule has 1 aromatic heterocycles. The van der Waals surface area contributed by atoms with Crippen molar-refractivity contribution in [2.45, 2.75) is 13.5 Å². The Hall–Kier alpha value is -1.90. The molecule has 0 aliphatic heterocycles. The van der Waals surface area contributed by atoms with E-state index in [0.717, 1.165) is 0 Å². The summed E-state index contributed by atoms with van der Waals surface area (Å²) in [5.41, 5.74) is 2.89. The molecule has 0 amide bonds. The molecule has 15 heavy (non-hydrogen) atoms. The van der Waals surface area contributed by atoms with Crippen LogP contribution in [-0.4, -0.2) is 16.1 Å². The number of aryl methyl sites for hydroxylation is 1. The smallest absolute Gasteiger partial charge is 0.236 e. The van der Waals surface area contributed by atoms with E-state index < -0.39 is 0 Å². The van der Waals surface area contributed by atoms with Crippen LogP contribution in [0.4, 0.5) is 0 Å². The monoisotopic (exact) mass is 199 g/mol. The second-order valence-corrected chi connectivity index (χ2v) is 3.51. The first-order valence-corrected chi connectivity index (χ1v) is 4.74. The molecule has 2 rings (SSSR count). The predicted molar refractivity (Wildman–Crippen MR) is 57.3 cm³/mol. The zero-order valence-electron chi connectivity index (χ0n) is 8.47. The fourth-order valence-electron chi connectivity index (χ4n) is 1.38. The first-order chi connectivity index (χ1) is 7.28. The second kappa shape index (κ2) is 4.09. The van der Waals surface area contributed by atoms with Gasteiger partial charge in [0.15, 0.2) is 0 Å². The molecule has 0 bridgehead atoms. The minimum absolute atomic E-state index is 0.488. The van der Waals surface area contributed by atoms with Crippen LogP contribution in [0.1, 0.15) is 16.7 Å². The maximum atomic E-state index is 10.3. The molecule has 2 aromatic rings. The van der Waals surface area contributed by atoms with Crippen molar-refractivity contribution in [1.29, 1.82) is 0 Å². The van der Waals surface area contributed by atoms with Gasteiger partial charge in [-0.3, -0.25) is 9.48 Å². The van der Waals surface area contributed by atoms with Gasteiger partial charge in [-0.1, -0.05) is 29.8 Å². The largest absolute Gasteiger partial charge is 0.285 e. The van der Waals surface area contributed by atoms with Gasteiger partial charge in [0.25, 0.3) is 0 Å². The summed E-state index contributed by atoms with van der Waals surface area (Å²) in [5, 5.41) is 4.06. The van der Waals surface area contributed by atoms with Gasteiger partial charge in [-0.05, 0) is 12.5 Å². The molecular weight excluding hydrogens is 188 g/mol. The SMILES string of the molecule is Cc1ccc(Cn2cc([C]=O)cn2)cc1. The Morgan fingerprint density at radius 1 is 1.33 bits per heavy atom. The molecule has 0 saturated carbocycles. The van der Waals surface area contributed by atoms with Crippen LogP contribution in [0.15, 0.2) is 36.7 Å². The van der Waals surface area contributed by atoms with Crippen molar-refractivity contribution in [3.8, 4) is 0 Å². The molecular formula is C12H11N2O. The van der Waals surface area contributed by atoms with Gasteiger partial charge in [0.2, 0.25) is 6.29 Å². The van der Waals surface area contributed by atoms with Gasteiger partial charge < -0.3 is 0 Å². The van der Waals surface area contributed by atoms with Gasteiger partial charge in [0.05, 0.1) is 18.3 Å². The molecule has 1 heterocycles. The molecule has 0 fully saturated rings. The highest BCUT2D eigenvalue weighted by Crippen LogP contribution is 2.05. The Balaban J connectivity index is 2.14. The first-order valence-electron chi connectivity index (χ1n) is 4.74. The van der Waals surface area contributed by atoms with Crippen molar-refractivity contribution in [1.82, 2.24) is 9.78 Å². The number of benzene rings is 1. The molecule has 3 nitrogen and oxygen atoms in total. The molecule has 0 saturated heterocycles. The van der Waals surface area contributed by atoms with Crippen molar-refractivity contribution < 1.29 is 4.79 Å². The highest BCUT2D eigenvalue weighted by molar-refractivity contribution is 5.73. The van der Waals surface area contributed by atoms with E-state index in [9.17, 15) is 4.79 Å². The summed E-state index contributed by atoms with van der Waals surface area (Å²) in [7, 11) is 0. The molecule has 0 spiro atoms. The van der Waals surface area contributed by atoms with Gasteiger partial charge >= 0.3 is 0 Å². The summed E-state index contributed by atoms with van der Waals surface area (Å²) < 4.78 is 1.73. The number of hydrogen-bond acceptors (Lipinski definition) is 2. The molecule has 1 radical (unpaired) electrons. The van der Waals surface area contributed by atoms with E-state index in [4.69, 9.17) is 0 Å². The van der Waals surface area contributed by atoms with Crippen LogP contribution >= 0.6 is 0 Å². The third-order valence-electron chi connectivity index (χ3n) is 2.22. The molecule has 3 heteroatoms. The van der Waals surface area contributed by atoms with E-state index in [0.29, 0.717) is 12.1 Å². The Bertz CT molecular complexity index is 457. The van der Waals surface area contributed by atoms with Crippen LogP contribution < -0.4 is 0 Å². The summed E-state index contributed by atoms with van der Waals surface area (Å²) in [5.74, 6) is 0. The maximum absolute atomic E-state index is 10.3. The van der Waals surface area contributed by atoms with E-state index in [2.05, 4.69) is 36.3 Å². The number of aromatic nitrogens is 2. The van der Waals surface area contributed by atoms with Crippen LogP contribution in [0.3, 0.4) is 0 Å².